The Morgan fingerprint density at radius 3 is 1.81 bits per heavy atom. The minimum absolute atomic E-state index is 0. The second-order valence-electron chi connectivity index (χ2n) is 5.33. The first kappa shape index (κ1) is 30.5. The smallest absolute Gasteiger partial charge is 0.0587 e. The molecule has 3 aromatic carbocycles. The monoisotopic (exact) mass is 419 g/mol. The maximum Gasteiger partial charge on any atom is 0.0587 e. The summed E-state index contributed by atoms with van der Waals surface area (Å²) in [5, 5.41) is 2.67. The molecular formula is C30H45N. The minimum atomic E-state index is 0. The summed E-state index contributed by atoms with van der Waals surface area (Å²) in [6.45, 7) is 20.0. The first-order chi connectivity index (χ1) is 14.9. The molecule has 1 heteroatoms. The Balaban J connectivity index is 0. The number of rotatable bonds is 0. The highest BCUT2D eigenvalue weighted by Gasteiger charge is 2.20. The number of hydrogen-bond donors (Lipinski definition) is 0. The van der Waals surface area contributed by atoms with E-state index < -0.39 is 0 Å². The van der Waals surface area contributed by atoms with E-state index in [0.29, 0.717) is 0 Å². The third-order valence-corrected chi connectivity index (χ3v) is 4.27. The fourth-order valence-electron chi connectivity index (χ4n) is 3.44. The van der Waals surface area contributed by atoms with Crippen LogP contribution in [-0.4, -0.2) is 4.57 Å². The molecule has 0 bridgehead atoms. The Hall–Kier alpha value is -2.72. The van der Waals surface area contributed by atoms with Crippen molar-refractivity contribution in [3.63, 3.8) is 0 Å². The quantitative estimate of drug-likeness (QED) is 0.235. The Labute approximate surface area is 193 Å². The molecular weight excluding hydrogens is 374 g/mol. The van der Waals surface area contributed by atoms with Crippen LogP contribution in [0.1, 0.15) is 87.8 Å². The van der Waals surface area contributed by atoms with Crippen molar-refractivity contribution in [3.8, 4) is 5.69 Å². The number of hydrogen-bond acceptors (Lipinski definition) is 0. The van der Waals surface area contributed by atoms with Crippen molar-refractivity contribution in [1.29, 1.82) is 0 Å². The van der Waals surface area contributed by atoms with Crippen LogP contribution in [-0.2, 0) is 6.42 Å². The summed E-state index contributed by atoms with van der Waals surface area (Å²) >= 11 is 0. The van der Waals surface area contributed by atoms with E-state index in [1.54, 1.807) is 0 Å². The highest BCUT2D eigenvalue weighted by Crippen LogP contribution is 2.38. The van der Waals surface area contributed by atoms with Crippen molar-refractivity contribution < 1.29 is 0 Å². The molecule has 170 valence electrons. The number of nitrogens with zero attached hydrogens (tertiary/aromatic N) is 1. The molecule has 0 fully saturated rings. The molecule has 0 radical (unpaired) electrons. The van der Waals surface area contributed by atoms with E-state index in [9.17, 15) is 0 Å². The van der Waals surface area contributed by atoms with E-state index in [1.807, 2.05) is 69.2 Å². The van der Waals surface area contributed by atoms with Crippen LogP contribution in [0.5, 0.6) is 0 Å². The average molecular weight is 420 g/mol. The second-order valence-corrected chi connectivity index (χ2v) is 5.33. The average Bonchev–Trinajstić information content (AvgIpc) is 3.22. The van der Waals surface area contributed by atoms with Crippen LogP contribution < -0.4 is 0 Å². The van der Waals surface area contributed by atoms with Gasteiger partial charge in [0.2, 0.25) is 0 Å². The standard InChI is InChI=1S/C19H11N.5C2H6.CH4/c1-3-10-17-13(6-1)12-14-7-5-9-16-15-8-2-4-11-18(15)20(17)19(14)16;5*1-2;/h2,4-11H,12H2;5*1-2H3;1H4. The van der Waals surface area contributed by atoms with Crippen molar-refractivity contribution in [2.45, 2.75) is 83.1 Å². The summed E-state index contributed by atoms with van der Waals surface area (Å²) in [4.78, 5) is 0. The third-order valence-electron chi connectivity index (χ3n) is 4.27. The first-order valence-corrected chi connectivity index (χ1v) is 11.9. The Kier molecular flexibility index (Phi) is 16.7. The van der Waals surface area contributed by atoms with Gasteiger partial charge < -0.3 is 4.57 Å². The van der Waals surface area contributed by atoms with Gasteiger partial charge in [-0.1, -0.05) is 125 Å². The highest BCUT2D eigenvalue weighted by atomic mass is 15.0. The molecule has 0 N–H and O–H groups in total. The summed E-state index contributed by atoms with van der Waals surface area (Å²) in [6, 6.07) is 25.6. The van der Waals surface area contributed by atoms with Crippen LogP contribution >= 0.6 is 0 Å². The fourth-order valence-corrected chi connectivity index (χ4v) is 3.44. The van der Waals surface area contributed by atoms with Gasteiger partial charge in [-0.25, -0.2) is 0 Å². The normalized spacial score (nSPS) is 8.97. The van der Waals surface area contributed by atoms with Crippen LogP contribution in [0, 0.1) is 12.1 Å². The van der Waals surface area contributed by atoms with E-state index in [0.717, 1.165) is 6.42 Å². The van der Waals surface area contributed by atoms with Gasteiger partial charge in [0.1, 0.15) is 0 Å². The zero-order valence-corrected chi connectivity index (χ0v) is 20.9. The SMILES string of the molecule is C.CC.CC.CC.CC.CC.c1cc2c(cc#1)-n1c3ccccc3c3cccc(c31)C2. The molecule has 1 nitrogen and oxygen atoms in total. The van der Waals surface area contributed by atoms with E-state index >= 15 is 0 Å². The zero-order chi connectivity index (χ0) is 23.1. The van der Waals surface area contributed by atoms with Crippen molar-refractivity contribution in [3.05, 3.63) is 77.9 Å². The number of fused-ring (bicyclic) bond motifs is 5. The van der Waals surface area contributed by atoms with Crippen molar-refractivity contribution in [2.24, 2.45) is 0 Å². The van der Waals surface area contributed by atoms with Gasteiger partial charge in [0.15, 0.2) is 0 Å². The van der Waals surface area contributed by atoms with Gasteiger partial charge in [0.25, 0.3) is 0 Å². The first-order valence-electron chi connectivity index (χ1n) is 11.9. The van der Waals surface area contributed by atoms with Gasteiger partial charge in [-0.05, 0) is 23.3 Å². The third kappa shape index (κ3) is 6.14. The summed E-state index contributed by atoms with van der Waals surface area (Å²) < 4.78 is 2.38. The number of aromatic nitrogens is 1. The van der Waals surface area contributed by atoms with Crippen LogP contribution in [0.25, 0.3) is 27.5 Å². The lowest BCUT2D eigenvalue weighted by Gasteiger charge is -2.19. The van der Waals surface area contributed by atoms with E-state index in [1.165, 1.54) is 38.6 Å². The van der Waals surface area contributed by atoms with Crippen LogP contribution in [0.2, 0.25) is 0 Å². The Bertz CT molecular complexity index is 976. The molecule has 0 aliphatic carbocycles. The van der Waals surface area contributed by atoms with E-state index in [4.69, 9.17) is 0 Å². The van der Waals surface area contributed by atoms with E-state index in [2.05, 4.69) is 71.3 Å². The molecule has 0 saturated carbocycles. The van der Waals surface area contributed by atoms with Crippen molar-refractivity contribution in [1.82, 2.24) is 4.57 Å². The van der Waals surface area contributed by atoms with Crippen molar-refractivity contribution in [2.75, 3.05) is 0 Å². The molecule has 0 atom stereocenters. The number of benzene rings is 2. The molecule has 0 spiro atoms. The minimum Gasteiger partial charge on any atom is -0.308 e. The van der Waals surface area contributed by atoms with Gasteiger partial charge in [0, 0.05) is 23.3 Å². The molecule has 31 heavy (non-hydrogen) atoms. The molecule has 1 aliphatic heterocycles. The van der Waals surface area contributed by atoms with Gasteiger partial charge >= 0.3 is 0 Å². The molecule has 5 rings (SSSR count). The Morgan fingerprint density at radius 2 is 1.16 bits per heavy atom. The summed E-state index contributed by atoms with van der Waals surface area (Å²) in [7, 11) is 0. The molecule has 1 aromatic heterocycles. The van der Waals surface area contributed by atoms with Gasteiger partial charge in [-0.3, -0.25) is 0 Å². The zero-order valence-electron chi connectivity index (χ0n) is 20.9. The maximum absolute atomic E-state index is 3.10. The predicted molar refractivity (Wildman–Crippen MR) is 145 cm³/mol. The molecule has 4 aromatic rings. The second kappa shape index (κ2) is 17.0. The highest BCUT2D eigenvalue weighted by molar-refractivity contribution is 6.10. The molecule has 2 heterocycles. The van der Waals surface area contributed by atoms with E-state index in [-0.39, 0.29) is 7.43 Å². The topological polar surface area (TPSA) is 4.93 Å². The molecule has 0 saturated heterocycles. The molecule has 1 aliphatic rings. The van der Waals surface area contributed by atoms with Crippen LogP contribution in [0.4, 0.5) is 0 Å². The van der Waals surface area contributed by atoms with Crippen LogP contribution in [0.15, 0.2) is 54.6 Å². The van der Waals surface area contributed by atoms with Gasteiger partial charge in [-0.2, -0.15) is 0 Å². The van der Waals surface area contributed by atoms with Crippen LogP contribution in [0.3, 0.4) is 0 Å². The lowest BCUT2D eigenvalue weighted by molar-refractivity contribution is 1.05. The summed E-state index contributed by atoms with van der Waals surface area (Å²) in [6.07, 6.45) is 0.980. The molecule has 0 amide bonds. The summed E-state index contributed by atoms with van der Waals surface area (Å²) in [5.74, 6) is 0. The van der Waals surface area contributed by atoms with Gasteiger partial charge in [-0.15, -0.1) is 0 Å². The summed E-state index contributed by atoms with van der Waals surface area (Å²) in [5.41, 5.74) is 6.58. The Morgan fingerprint density at radius 1 is 0.613 bits per heavy atom. The fraction of sp³-hybridized carbons (Fsp3) is 0.400. The van der Waals surface area contributed by atoms with Gasteiger partial charge in [0.05, 0.1) is 16.7 Å². The molecule has 0 unspecified atom stereocenters. The maximum atomic E-state index is 3.10. The van der Waals surface area contributed by atoms with Crippen molar-refractivity contribution >= 4 is 21.8 Å². The predicted octanol–water partition coefficient (Wildman–Crippen LogP) is 10.1. The lowest BCUT2D eigenvalue weighted by atomic mass is 9.98. The largest absolute Gasteiger partial charge is 0.308 e. The number of para-hydroxylation sites is 2. The lowest BCUT2D eigenvalue weighted by Crippen LogP contribution is -2.06.